The summed E-state index contributed by atoms with van der Waals surface area (Å²) in [5, 5.41) is 19.1. The van der Waals surface area contributed by atoms with Crippen LogP contribution in [0.5, 0.6) is 0 Å². The summed E-state index contributed by atoms with van der Waals surface area (Å²) < 4.78 is 29.4. The Morgan fingerprint density at radius 1 is 1.07 bits per heavy atom. The highest BCUT2D eigenvalue weighted by molar-refractivity contribution is 5.99. The number of benzene rings is 2. The van der Waals surface area contributed by atoms with E-state index in [2.05, 4.69) is 25.8 Å². The van der Waals surface area contributed by atoms with Crippen LogP contribution in [0.1, 0.15) is 6.92 Å². The number of anilines is 1. The Balaban J connectivity index is 1.54. The minimum Gasteiger partial charge on any atom is -0.307 e. The van der Waals surface area contributed by atoms with Gasteiger partial charge in [0, 0.05) is 11.9 Å². The number of hydrogen-bond donors (Lipinski definition) is 1. The molecule has 142 valence electrons. The van der Waals surface area contributed by atoms with Crippen molar-refractivity contribution in [2.75, 3.05) is 5.32 Å². The normalized spacial score (nSPS) is 11.1. The first-order valence-corrected chi connectivity index (χ1v) is 8.54. The van der Waals surface area contributed by atoms with Crippen LogP contribution in [-0.4, -0.2) is 35.9 Å². The smallest absolute Gasteiger partial charge is 0.249 e. The van der Waals surface area contributed by atoms with Gasteiger partial charge in [-0.2, -0.15) is 9.90 Å². The molecule has 0 aliphatic rings. The zero-order chi connectivity index (χ0) is 19.7. The largest absolute Gasteiger partial charge is 0.307 e. The number of carbonyl (C=O) groups excluding carboxylic acids is 1. The van der Waals surface area contributed by atoms with E-state index in [-0.39, 0.29) is 17.9 Å². The summed E-state index contributed by atoms with van der Waals surface area (Å²) in [6.45, 7) is 2.32. The van der Waals surface area contributed by atoms with Gasteiger partial charge in [0.1, 0.15) is 18.2 Å². The number of aryl methyl sites for hydroxylation is 1. The van der Waals surface area contributed by atoms with Crippen molar-refractivity contribution < 1.29 is 13.6 Å². The fourth-order valence-electron chi connectivity index (χ4n) is 2.88. The Hall–Kier alpha value is -3.69. The molecule has 1 amide bonds. The number of nitrogens with one attached hydrogen (secondary N) is 1. The lowest BCUT2D eigenvalue weighted by atomic mass is 10.2. The molecular weight excluding hydrogens is 368 g/mol. The van der Waals surface area contributed by atoms with Gasteiger partial charge in [0.05, 0.1) is 11.1 Å². The Morgan fingerprint density at radius 3 is 2.57 bits per heavy atom. The number of para-hydroxylation sites is 1. The van der Waals surface area contributed by atoms with E-state index in [9.17, 15) is 13.6 Å². The molecule has 0 bridgehead atoms. The number of rotatable bonds is 5. The predicted octanol–water partition coefficient (Wildman–Crippen LogP) is 2.63. The molecule has 0 aliphatic heterocycles. The summed E-state index contributed by atoms with van der Waals surface area (Å²) in [4.78, 5) is 13.3. The zero-order valence-corrected chi connectivity index (χ0v) is 14.8. The second-order valence-corrected chi connectivity index (χ2v) is 5.97. The standard InChI is InChI=1S/C18H15F2N7O/c1-2-26-14-9-4-3-6-11(14)17(23-26)21-15(28)10-27-24-18(22-25-27)16-12(19)7-5-8-13(16)20/h3-9H,2,10H2,1H3,(H,21,23,28). The fraction of sp³-hybridized carbons (Fsp3) is 0.167. The molecule has 4 aromatic rings. The highest BCUT2D eigenvalue weighted by atomic mass is 19.1. The van der Waals surface area contributed by atoms with Crippen LogP contribution in [0.2, 0.25) is 0 Å². The van der Waals surface area contributed by atoms with Crippen molar-refractivity contribution in [1.29, 1.82) is 0 Å². The van der Waals surface area contributed by atoms with Gasteiger partial charge in [0.15, 0.2) is 5.82 Å². The predicted molar refractivity (Wildman–Crippen MR) is 97.2 cm³/mol. The minimum absolute atomic E-state index is 0.232. The molecule has 2 heterocycles. The van der Waals surface area contributed by atoms with Crippen molar-refractivity contribution in [2.24, 2.45) is 0 Å². The Labute approximate surface area is 157 Å². The van der Waals surface area contributed by atoms with Gasteiger partial charge in [-0.05, 0) is 36.4 Å². The number of amides is 1. The Bertz CT molecular complexity index is 1150. The van der Waals surface area contributed by atoms with Crippen molar-refractivity contribution in [3.05, 3.63) is 54.1 Å². The van der Waals surface area contributed by atoms with Crippen molar-refractivity contribution in [3.63, 3.8) is 0 Å². The van der Waals surface area contributed by atoms with Gasteiger partial charge in [-0.15, -0.1) is 10.2 Å². The van der Waals surface area contributed by atoms with E-state index < -0.39 is 17.5 Å². The van der Waals surface area contributed by atoms with Gasteiger partial charge in [-0.3, -0.25) is 9.48 Å². The molecule has 0 saturated carbocycles. The highest BCUT2D eigenvalue weighted by Gasteiger charge is 2.18. The topological polar surface area (TPSA) is 90.5 Å². The third-order valence-electron chi connectivity index (χ3n) is 4.14. The van der Waals surface area contributed by atoms with Gasteiger partial charge in [-0.25, -0.2) is 8.78 Å². The molecular formula is C18H15F2N7O. The van der Waals surface area contributed by atoms with Crippen LogP contribution >= 0.6 is 0 Å². The zero-order valence-electron chi connectivity index (χ0n) is 14.8. The van der Waals surface area contributed by atoms with E-state index >= 15 is 0 Å². The summed E-state index contributed by atoms with van der Waals surface area (Å²) in [6, 6.07) is 11.0. The van der Waals surface area contributed by atoms with Crippen molar-refractivity contribution in [1.82, 2.24) is 30.0 Å². The first-order valence-electron chi connectivity index (χ1n) is 8.54. The average molecular weight is 383 g/mol. The number of nitrogens with zero attached hydrogens (tertiary/aromatic N) is 6. The molecule has 0 aliphatic carbocycles. The molecule has 2 aromatic heterocycles. The summed E-state index contributed by atoms with van der Waals surface area (Å²) in [5.74, 6) is -1.86. The molecule has 0 radical (unpaired) electrons. The molecule has 0 saturated heterocycles. The second-order valence-electron chi connectivity index (χ2n) is 5.97. The number of hydrogen-bond acceptors (Lipinski definition) is 5. The Kier molecular flexibility index (Phi) is 4.52. The average Bonchev–Trinajstić information content (AvgIpc) is 3.26. The van der Waals surface area contributed by atoms with Crippen LogP contribution in [0.4, 0.5) is 14.6 Å². The van der Waals surface area contributed by atoms with Crippen LogP contribution in [0.3, 0.4) is 0 Å². The lowest BCUT2D eigenvalue weighted by Crippen LogP contribution is -2.21. The molecule has 8 nitrogen and oxygen atoms in total. The molecule has 0 atom stereocenters. The molecule has 10 heteroatoms. The molecule has 0 fully saturated rings. The first-order chi connectivity index (χ1) is 13.6. The van der Waals surface area contributed by atoms with E-state index in [0.717, 1.165) is 27.8 Å². The van der Waals surface area contributed by atoms with E-state index in [0.29, 0.717) is 12.4 Å². The van der Waals surface area contributed by atoms with Gasteiger partial charge in [0.2, 0.25) is 11.7 Å². The number of tetrazole rings is 1. The fourth-order valence-corrected chi connectivity index (χ4v) is 2.88. The minimum atomic E-state index is -0.805. The van der Waals surface area contributed by atoms with Gasteiger partial charge in [-0.1, -0.05) is 18.2 Å². The summed E-state index contributed by atoms with van der Waals surface area (Å²) in [7, 11) is 0. The number of carbonyl (C=O) groups is 1. The van der Waals surface area contributed by atoms with Crippen molar-refractivity contribution >= 4 is 22.6 Å². The van der Waals surface area contributed by atoms with Gasteiger partial charge >= 0.3 is 0 Å². The van der Waals surface area contributed by atoms with Crippen LogP contribution in [0.15, 0.2) is 42.5 Å². The Morgan fingerprint density at radius 2 is 1.82 bits per heavy atom. The highest BCUT2D eigenvalue weighted by Crippen LogP contribution is 2.23. The molecule has 1 N–H and O–H groups in total. The van der Waals surface area contributed by atoms with Gasteiger partial charge in [0.25, 0.3) is 0 Å². The van der Waals surface area contributed by atoms with E-state index in [4.69, 9.17) is 0 Å². The molecule has 2 aromatic carbocycles. The first kappa shape index (κ1) is 17.7. The van der Waals surface area contributed by atoms with E-state index in [1.54, 1.807) is 4.68 Å². The van der Waals surface area contributed by atoms with E-state index in [1.807, 2.05) is 31.2 Å². The van der Waals surface area contributed by atoms with E-state index in [1.165, 1.54) is 6.07 Å². The number of fused-ring (bicyclic) bond motifs is 1. The molecule has 0 unspecified atom stereocenters. The SMILES string of the molecule is CCn1nc(NC(=O)Cn2nnc(-c3c(F)cccc3F)n2)c2ccccc21. The third kappa shape index (κ3) is 3.20. The lowest BCUT2D eigenvalue weighted by molar-refractivity contribution is -0.117. The van der Waals surface area contributed by atoms with Crippen LogP contribution in [0.25, 0.3) is 22.3 Å². The molecule has 28 heavy (non-hydrogen) atoms. The van der Waals surface area contributed by atoms with Crippen LogP contribution < -0.4 is 5.32 Å². The van der Waals surface area contributed by atoms with Crippen LogP contribution in [-0.2, 0) is 17.9 Å². The monoisotopic (exact) mass is 383 g/mol. The maximum Gasteiger partial charge on any atom is 0.249 e. The summed E-state index contributed by atoms with van der Waals surface area (Å²) in [6.07, 6.45) is 0. The van der Waals surface area contributed by atoms with Crippen molar-refractivity contribution in [2.45, 2.75) is 20.0 Å². The summed E-state index contributed by atoms with van der Waals surface area (Å²) in [5.41, 5.74) is 0.512. The third-order valence-corrected chi connectivity index (χ3v) is 4.14. The lowest BCUT2D eigenvalue weighted by Gasteiger charge is -2.01. The number of aromatic nitrogens is 6. The quantitative estimate of drug-likeness (QED) is 0.572. The maximum absolute atomic E-state index is 13.8. The van der Waals surface area contributed by atoms with Crippen molar-refractivity contribution in [3.8, 4) is 11.4 Å². The second kappa shape index (κ2) is 7.14. The molecule has 0 spiro atoms. The van der Waals surface area contributed by atoms with Crippen LogP contribution in [0, 0.1) is 11.6 Å². The summed E-state index contributed by atoms with van der Waals surface area (Å²) >= 11 is 0. The molecule has 4 rings (SSSR count). The number of halogens is 2. The maximum atomic E-state index is 13.8. The van der Waals surface area contributed by atoms with Gasteiger partial charge < -0.3 is 5.32 Å².